The highest BCUT2D eigenvalue weighted by Gasteiger charge is 2.74. The lowest BCUT2D eigenvalue weighted by Gasteiger charge is -2.62. The number of aliphatic hydroxyl groups is 1. The summed E-state index contributed by atoms with van der Waals surface area (Å²) in [6.45, 7) is 8.53. The molecule has 9 heteroatoms. The van der Waals surface area contributed by atoms with E-state index in [1.54, 1.807) is 19.9 Å². The Hall–Kier alpha value is -2.06. The Morgan fingerprint density at radius 3 is 2.42 bits per heavy atom. The number of fused-ring (bicyclic) bond motifs is 5. The van der Waals surface area contributed by atoms with E-state index in [0.29, 0.717) is 25.5 Å². The van der Waals surface area contributed by atoms with Crippen LogP contribution < -0.4 is 0 Å². The van der Waals surface area contributed by atoms with Crippen molar-refractivity contribution in [1.82, 2.24) is 0 Å². The zero-order valence-electron chi connectivity index (χ0n) is 22.8. The molecule has 0 radical (unpaired) electrons. The van der Waals surface area contributed by atoms with Crippen LogP contribution in [0.3, 0.4) is 0 Å². The molecule has 38 heavy (non-hydrogen) atoms. The third kappa shape index (κ3) is 4.09. The van der Waals surface area contributed by atoms with Crippen molar-refractivity contribution in [2.24, 2.45) is 40.4 Å². The molecule has 3 fully saturated rings. The fraction of sp³-hybridized carbons (Fsp3) is 0.759. The van der Waals surface area contributed by atoms with E-state index in [-0.39, 0.29) is 42.8 Å². The number of carbonyl (C=O) groups excluding carboxylic acids is 5. The van der Waals surface area contributed by atoms with Gasteiger partial charge in [-0.3, -0.25) is 19.2 Å². The SMILES string of the molecule is CCC(=O)OCC(=O)C1(OC(=O)CC)[C@H](C)C[C@H]2[C@H]3[C@H]([C@@H](O)C[C@@]21C)[C@@]1(C)CC(C=O)C(=O)C=C1C[C@H]3Cl. The van der Waals surface area contributed by atoms with Gasteiger partial charge in [-0.15, -0.1) is 11.6 Å². The summed E-state index contributed by atoms with van der Waals surface area (Å²) in [7, 11) is 0. The van der Waals surface area contributed by atoms with Crippen molar-refractivity contribution in [2.45, 2.75) is 90.2 Å². The first kappa shape index (κ1) is 28.9. The average Bonchev–Trinajstić information content (AvgIpc) is 3.09. The molecular formula is C29H39ClO8. The second-order valence-electron chi connectivity index (χ2n) is 12.2. The molecule has 4 aliphatic carbocycles. The van der Waals surface area contributed by atoms with E-state index < -0.39 is 64.1 Å². The zero-order valence-corrected chi connectivity index (χ0v) is 23.6. The summed E-state index contributed by atoms with van der Waals surface area (Å²) in [5, 5.41) is 11.4. The molecule has 4 rings (SSSR count). The van der Waals surface area contributed by atoms with Gasteiger partial charge in [0.15, 0.2) is 18.0 Å². The van der Waals surface area contributed by atoms with Gasteiger partial charge in [0.1, 0.15) is 6.29 Å². The van der Waals surface area contributed by atoms with Crippen LogP contribution in [0.2, 0.25) is 0 Å². The van der Waals surface area contributed by atoms with Gasteiger partial charge < -0.3 is 19.4 Å². The minimum atomic E-state index is -1.59. The molecule has 8 nitrogen and oxygen atoms in total. The number of carbonyl (C=O) groups is 5. The van der Waals surface area contributed by atoms with Crippen molar-refractivity contribution in [3.8, 4) is 0 Å². The molecule has 0 bridgehead atoms. The topological polar surface area (TPSA) is 124 Å². The number of aldehydes is 1. The van der Waals surface area contributed by atoms with Crippen molar-refractivity contribution in [1.29, 1.82) is 0 Å². The Labute approximate surface area is 228 Å². The molecule has 0 aromatic heterocycles. The van der Waals surface area contributed by atoms with Crippen LogP contribution in [0.5, 0.6) is 0 Å². The van der Waals surface area contributed by atoms with E-state index in [1.165, 1.54) is 0 Å². The van der Waals surface area contributed by atoms with Crippen LogP contribution in [0.1, 0.15) is 73.1 Å². The maximum Gasteiger partial charge on any atom is 0.306 e. The molecule has 0 amide bonds. The monoisotopic (exact) mass is 550 g/mol. The van der Waals surface area contributed by atoms with Crippen LogP contribution in [-0.2, 0) is 33.4 Å². The molecule has 4 aliphatic rings. The lowest BCUT2D eigenvalue weighted by atomic mass is 9.44. The Morgan fingerprint density at radius 1 is 1.16 bits per heavy atom. The number of Topliss-reactive ketones (excluding diaryl/α,β-unsaturated/α-hetero) is 1. The quantitative estimate of drug-likeness (QED) is 0.221. The maximum atomic E-state index is 13.9. The van der Waals surface area contributed by atoms with Gasteiger partial charge >= 0.3 is 11.9 Å². The second-order valence-corrected chi connectivity index (χ2v) is 12.8. The number of aliphatic hydroxyl groups excluding tert-OH is 1. The Bertz CT molecular complexity index is 1070. The van der Waals surface area contributed by atoms with Gasteiger partial charge in [0.2, 0.25) is 5.78 Å². The van der Waals surface area contributed by atoms with E-state index in [4.69, 9.17) is 21.1 Å². The van der Waals surface area contributed by atoms with Gasteiger partial charge in [-0.25, -0.2) is 0 Å². The van der Waals surface area contributed by atoms with E-state index in [2.05, 4.69) is 0 Å². The number of ether oxygens (including phenoxy) is 2. The van der Waals surface area contributed by atoms with E-state index in [9.17, 15) is 29.1 Å². The minimum absolute atomic E-state index is 0.0668. The third-order valence-electron chi connectivity index (χ3n) is 10.3. The highest BCUT2D eigenvalue weighted by atomic mass is 35.5. The van der Waals surface area contributed by atoms with Crippen LogP contribution in [0.15, 0.2) is 11.6 Å². The van der Waals surface area contributed by atoms with Crippen LogP contribution in [0.25, 0.3) is 0 Å². The molecule has 0 aromatic rings. The minimum Gasteiger partial charge on any atom is -0.457 e. The molecule has 1 N–H and O–H groups in total. The predicted molar refractivity (Wildman–Crippen MR) is 138 cm³/mol. The van der Waals surface area contributed by atoms with E-state index >= 15 is 0 Å². The average molecular weight is 551 g/mol. The number of rotatable bonds is 7. The standard InChI is InChI=1S/C29H39ClO8/c1-6-23(35)37-14-22(34)29(38-24(36)7-2)15(3)8-18-25-19(30)9-17-10-20(32)16(13-31)11-27(17,4)26(25)21(33)12-28(18,29)5/h10,13,15-16,18-19,21,25-26,33H,6-9,11-12,14H2,1-5H3/t15-,16?,18+,19-,21+,25-,26+,27+,28+,29?/m1/s1. The van der Waals surface area contributed by atoms with Crippen LogP contribution >= 0.6 is 11.6 Å². The van der Waals surface area contributed by atoms with Crippen molar-refractivity contribution < 1.29 is 38.6 Å². The number of hydrogen-bond donors (Lipinski definition) is 1. The molecule has 3 saturated carbocycles. The van der Waals surface area contributed by atoms with E-state index in [0.717, 1.165) is 5.57 Å². The summed E-state index contributed by atoms with van der Waals surface area (Å²) in [4.78, 5) is 62.8. The second kappa shape index (κ2) is 10.2. The molecule has 0 saturated heterocycles. The number of halogens is 1. The Morgan fingerprint density at radius 2 is 1.82 bits per heavy atom. The number of hydrogen-bond acceptors (Lipinski definition) is 8. The van der Waals surface area contributed by atoms with Crippen molar-refractivity contribution >= 4 is 41.4 Å². The first-order valence-corrected chi connectivity index (χ1v) is 14.2. The first-order valence-electron chi connectivity index (χ1n) is 13.7. The smallest absolute Gasteiger partial charge is 0.306 e. The largest absolute Gasteiger partial charge is 0.457 e. The predicted octanol–water partition coefficient (Wildman–Crippen LogP) is 3.59. The highest BCUT2D eigenvalue weighted by molar-refractivity contribution is 6.21. The fourth-order valence-corrected chi connectivity index (χ4v) is 9.13. The maximum absolute atomic E-state index is 13.9. The molecule has 0 spiro atoms. The van der Waals surface area contributed by atoms with Gasteiger partial charge in [0.25, 0.3) is 0 Å². The lowest BCUT2D eigenvalue weighted by molar-refractivity contribution is -0.207. The van der Waals surface area contributed by atoms with E-state index in [1.807, 2.05) is 20.8 Å². The molecule has 2 unspecified atom stereocenters. The summed E-state index contributed by atoms with van der Waals surface area (Å²) in [6, 6.07) is 0. The lowest BCUT2D eigenvalue weighted by Crippen LogP contribution is -2.66. The molecule has 0 aromatic carbocycles. The van der Waals surface area contributed by atoms with Gasteiger partial charge in [0.05, 0.1) is 12.0 Å². The van der Waals surface area contributed by atoms with Crippen molar-refractivity contribution in [2.75, 3.05) is 6.61 Å². The Balaban J connectivity index is 1.80. The summed E-state index contributed by atoms with van der Waals surface area (Å²) in [5.41, 5.74) is -2.30. The van der Waals surface area contributed by atoms with Crippen LogP contribution in [0, 0.1) is 40.4 Å². The number of ketones is 2. The summed E-state index contributed by atoms with van der Waals surface area (Å²) < 4.78 is 11.3. The molecule has 210 valence electrons. The van der Waals surface area contributed by atoms with Gasteiger partial charge in [-0.2, -0.15) is 0 Å². The number of allylic oxidation sites excluding steroid dienone is 1. The number of esters is 2. The number of alkyl halides is 1. The fourth-order valence-electron chi connectivity index (χ4n) is 8.63. The third-order valence-corrected chi connectivity index (χ3v) is 10.8. The van der Waals surface area contributed by atoms with Crippen molar-refractivity contribution in [3.05, 3.63) is 11.6 Å². The highest BCUT2D eigenvalue weighted by Crippen LogP contribution is 2.70. The molecule has 0 aliphatic heterocycles. The molecular weight excluding hydrogens is 512 g/mol. The van der Waals surface area contributed by atoms with Gasteiger partial charge in [-0.05, 0) is 54.9 Å². The molecule has 10 atom stereocenters. The Kier molecular flexibility index (Phi) is 7.74. The van der Waals surface area contributed by atoms with Crippen LogP contribution in [0.4, 0.5) is 0 Å². The van der Waals surface area contributed by atoms with Gasteiger partial charge in [0, 0.05) is 29.6 Å². The summed E-state index contributed by atoms with van der Waals surface area (Å²) in [6.07, 6.45) is 2.93. The summed E-state index contributed by atoms with van der Waals surface area (Å²) in [5.74, 6) is -3.71. The van der Waals surface area contributed by atoms with Crippen molar-refractivity contribution in [3.63, 3.8) is 0 Å². The van der Waals surface area contributed by atoms with Crippen LogP contribution in [-0.4, -0.2) is 58.6 Å². The summed E-state index contributed by atoms with van der Waals surface area (Å²) >= 11 is 7.06. The normalized spacial score (nSPS) is 43.7. The zero-order chi connectivity index (χ0) is 28.2. The van der Waals surface area contributed by atoms with Gasteiger partial charge in [-0.1, -0.05) is 40.2 Å². The first-order chi connectivity index (χ1) is 17.8. The molecule has 0 heterocycles.